The lowest BCUT2D eigenvalue weighted by Crippen LogP contribution is -2.44. The summed E-state index contributed by atoms with van der Waals surface area (Å²) in [5.74, 6) is 0.496. The summed E-state index contributed by atoms with van der Waals surface area (Å²) in [6.45, 7) is 5.98. The van der Waals surface area contributed by atoms with E-state index < -0.39 is 0 Å². The van der Waals surface area contributed by atoms with Gasteiger partial charge in [-0.15, -0.1) is 0 Å². The molecule has 0 fully saturated rings. The van der Waals surface area contributed by atoms with Crippen LogP contribution in [0.25, 0.3) is 16.7 Å². The number of rotatable bonds is 4. The van der Waals surface area contributed by atoms with Gasteiger partial charge in [-0.05, 0) is 45.0 Å². The first-order valence-corrected chi connectivity index (χ1v) is 9.34. The summed E-state index contributed by atoms with van der Waals surface area (Å²) >= 11 is 0. The largest absolute Gasteiger partial charge is 0.467 e. The highest BCUT2D eigenvalue weighted by molar-refractivity contribution is 6.00. The number of nitrogens with zero attached hydrogens (tertiary/aromatic N) is 3. The monoisotopic (exact) mass is 392 g/mol. The van der Waals surface area contributed by atoms with Gasteiger partial charge in [-0.25, -0.2) is 4.57 Å². The number of carbonyl (C=O) groups excluding carboxylic acids is 1. The zero-order valence-corrected chi connectivity index (χ0v) is 16.5. The number of nitrogens with one attached hydrogen (secondary N) is 1. The number of pyridine rings is 2. The maximum absolute atomic E-state index is 13.2. The Hall–Kier alpha value is -3.68. The first-order valence-electron chi connectivity index (χ1n) is 9.34. The van der Waals surface area contributed by atoms with Crippen molar-refractivity contribution in [2.75, 3.05) is 5.73 Å². The van der Waals surface area contributed by atoms with Crippen LogP contribution in [0.15, 0.2) is 52.0 Å². The van der Waals surface area contributed by atoms with Crippen LogP contribution in [0.4, 0.5) is 5.82 Å². The molecule has 0 spiro atoms. The molecule has 0 aliphatic heterocycles. The topological polar surface area (TPSA) is 107 Å². The van der Waals surface area contributed by atoms with Gasteiger partial charge in [0, 0.05) is 11.8 Å². The van der Waals surface area contributed by atoms with Gasteiger partial charge in [0.15, 0.2) is 0 Å². The van der Waals surface area contributed by atoms with Crippen LogP contribution in [0.3, 0.4) is 0 Å². The van der Waals surface area contributed by atoms with Crippen LogP contribution in [0, 0.1) is 6.92 Å². The summed E-state index contributed by atoms with van der Waals surface area (Å²) in [6, 6.07) is 8.62. The molecule has 29 heavy (non-hydrogen) atoms. The smallest absolute Gasteiger partial charge is 0.278 e. The lowest BCUT2D eigenvalue weighted by atomic mass is 10.1. The van der Waals surface area contributed by atoms with Crippen molar-refractivity contribution in [3.8, 4) is 0 Å². The molecule has 0 unspecified atom stereocenters. The lowest BCUT2D eigenvalue weighted by molar-refractivity contribution is -0.679. The summed E-state index contributed by atoms with van der Waals surface area (Å²) in [7, 11) is 0. The SMILES string of the molecule is Cc1cccn2c(=O)c3cc(C(=O)NCc4ccco4)c(N)[n+](C(C)C)c3nc12. The van der Waals surface area contributed by atoms with Gasteiger partial charge < -0.3 is 15.5 Å². The van der Waals surface area contributed by atoms with Crippen molar-refractivity contribution in [3.63, 3.8) is 0 Å². The van der Waals surface area contributed by atoms with Gasteiger partial charge in [-0.1, -0.05) is 11.1 Å². The predicted molar refractivity (Wildman–Crippen MR) is 109 cm³/mol. The molecule has 4 rings (SSSR count). The zero-order chi connectivity index (χ0) is 20.7. The van der Waals surface area contributed by atoms with Crippen molar-refractivity contribution in [2.24, 2.45) is 0 Å². The molecule has 4 aromatic heterocycles. The second-order valence-corrected chi connectivity index (χ2v) is 7.21. The Morgan fingerprint density at radius 3 is 2.83 bits per heavy atom. The van der Waals surface area contributed by atoms with Gasteiger partial charge in [0.25, 0.3) is 17.1 Å². The fourth-order valence-electron chi connectivity index (χ4n) is 3.45. The Morgan fingerprint density at radius 1 is 1.34 bits per heavy atom. The van der Waals surface area contributed by atoms with Crippen LogP contribution >= 0.6 is 0 Å². The molecule has 0 atom stereocenters. The molecule has 4 aromatic rings. The number of nitrogen functional groups attached to an aromatic ring is 1. The third-order valence-corrected chi connectivity index (χ3v) is 4.88. The number of hydrogen-bond acceptors (Lipinski definition) is 5. The number of aryl methyl sites for hydroxylation is 1. The molecule has 0 saturated heterocycles. The number of hydrogen-bond donors (Lipinski definition) is 2. The van der Waals surface area contributed by atoms with E-state index in [1.54, 1.807) is 29.0 Å². The van der Waals surface area contributed by atoms with Gasteiger partial charge in [-0.2, -0.15) is 0 Å². The molecule has 8 heteroatoms. The van der Waals surface area contributed by atoms with E-state index in [9.17, 15) is 9.59 Å². The highest BCUT2D eigenvalue weighted by atomic mass is 16.3. The van der Waals surface area contributed by atoms with E-state index >= 15 is 0 Å². The Morgan fingerprint density at radius 2 is 2.14 bits per heavy atom. The fraction of sp³-hybridized carbons (Fsp3) is 0.238. The second kappa shape index (κ2) is 7.05. The molecule has 0 saturated carbocycles. The van der Waals surface area contributed by atoms with Crippen LogP contribution in [0.2, 0.25) is 0 Å². The zero-order valence-electron chi connectivity index (χ0n) is 16.5. The van der Waals surface area contributed by atoms with Crippen LogP contribution < -0.4 is 21.2 Å². The molecule has 0 aliphatic rings. The molecule has 148 valence electrons. The van der Waals surface area contributed by atoms with Crippen LogP contribution in [0.1, 0.15) is 41.6 Å². The lowest BCUT2D eigenvalue weighted by Gasteiger charge is -2.14. The maximum Gasteiger partial charge on any atom is 0.278 e. The molecular formula is C21H22N5O3+. The molecular weight excluding hydrogens is 370 g/mol. The molecule has 0 aromatic carbocycles. The van der Waals surface area contributed by atoms with Crippen molar-refractivity contribution in [3.05, 3.63) is 70.0 Å². The number of aromatic nitrogens is 3. The first kappa shape index (κ1) is 18.7. The van der Waals surface area contributed by atoms with Gasteiger partial charge in [-0.3, -0.25) is 14.0 Å². The van der Waals surface area contributed by atoms with E-state index in [2.05, 4.69) is 5.32 Å². The highest BCUT2D eigenvalue weighted by Crippen LogP contribution is 2.18. The molecule has 0 aliphatic carbocycles. The number of anilines is 1. The van der Waals surface area contributed by atoms with E-state index in [1.165, 1.54) is 16.7 Å². The summed E-state index contributed by atoms with van der Waals surface area (Å²) in [4.78, 5) is 30.7. The van der Waals surface area contributed by atoms with Crippen molar-refractivity contribution < 1.29 is 13.8 Å². The number of carbonyl (C=O) groups is 1. The number of amides is 1. The second-order valence-electron chi connectivity index (χ2n) is 7.21. The fourth-order valence-corrected chi connectivity index (χ4v) is 3.45. The van der Waals surface area contributed by atoms with Crippen molar-refractivity contribution in [1.29, 1.82) is 0 Å². The average molecular weight is 392 g/mol. The quantitative estimate of drug-likeness (QED) is 0.409. The summed E-state index contributed by atoms with van der Waals surface area (Å²) in [5.41, 5.74) is 8.24. The van der Waals surface area contributed by atoms with Crippen molar-refractivity contribution in [2.45, 2.75) is 33.4 Å². The number of fused-ring (bicyclic) bond motifs is 2. The van der Waals surface area contributed by atoms with Gasteiger partial charge in [0.2, 0.25) is 11.5 Å². The molecule has 0 bridgehead atoms. The number of nitrogens with two attached hydrogens (primary N) is 1. The van der Waals surface area contributed by atoms with E-state index in [-0.39, 0.29) is 35.4 Å². The van der Waals surface area contributed by atoms with Crippen LogP contribution in [-0.4, -0.2) is 15.3 Å². The van der Waals surface area contributed by atoms with E-state index in [4.69, 9.17) is 15.1 Å². The van der Waals surface area contributed by atoms with Gasteiger partial charge >= 0.3 is 0 Å². The van der Waals surface area contributed by atoms with Crippen LogP contribution in [-0.2, 0) is 6.54 Å². The predicted octanol–water partition coefficient (Wildman–Crippen LogP) is 2.13. The van der Waals surface area contributed by atoms with Gasteiger partial charge in [0.1, 0.15) is 16.7 Å². The maximum atomic E-state index is 13.2. The Balaban J connectivity index is 1.93. The minimum Gasteiger partial charge on any atom is -0.467 e. The summed E-state index contributed by atoms with van der Waals surface area (Å²) in [6.07, 6.45) is 3.21. The first-order chi connectivity index (χ1) is 13.9. The minimum atomic E-state index is -0.385. The van der Waals surface area contributed by atoms with E-state index in [0.717, 1.165) is 5.56 Å². The minimum absolute atomic E-state index is 0.103. The molecule has 1 amide bonds. The molecule has 4 heterocycles. The van der Waals surface area contributed by atoms with E-state index in [1.807, 2.05) is 26.8 Å². The molecule has 3 N–H and O–H groups in total. The third kappa shape index (κ3) is 3.12. The Kier molecular flexibility index (Phi) is 4.54. The normalized spacial score (nSPS) is 11.4. The average Bonchev–Trinajstić information content (AvgIpc) is 3.20. The van der Waals surface area contributed by atoms with Crippen molar-refractivity contribution in [1.82, 2.24) is 14.7 Å². The van der Waals surface area contributed by atoms with E-state index in [0.29, 0.717) is 22.4 Å². The molecule has 8 nitrogen and oxygen atoms in total. The Bertz CT molecular complexity index is 1290. The van der Waals surface area contributed by atoms with Gasteiger partial charge in [0.05, 0.1) is 18.8 Å². The van der Waals surface area contributed by atoms with Crippen LogP contribution in [0.5, 0.6) is 0 Å². The summed E-state index contributed by atoms with van der Waals surface area (Å²) in [5, 5.41) is 3.12. The number of furan rings is 1. The summed E-state index contributed by atoms with van der Waals surface area (Å²) < 4.78 is 8.46. The molecule has 0 radical (unpaired) electrons. The van der Waals surface area contributed by atoms with Crippen molar-refractivity contribution >= 4 is 28.4 Å². The Labute approximate surface area is 166 Å². The standard InChI is InChI=1S/C21H21N5O3/c1-12(2)26-17(22)15(20(27)23-11-14-7-5-9-29-14)10-16-19(26)24-18-13(3)6-4-8-25(18)21(16)28/h4-10,12,22H,11H2,1-3H3,(H,23,27)/p+1. The highest BCUT2D eigenvalue weighted by Gasteiger charge is 2.26. The third-order valence-electron chi connectivity index (χ3n) is 4.88.